The second kappa shape index (κ2) is 6.32. The molecule has 0 spiro atoms. The Bertz CT molecular complexity index is 796. The Hall–Kier alpha value is -2.14. The Morgan fingerprint density at radius 1 is 1.27 bits per heavy atom. The van der Waals surface area contributed by atoms with Gasteiger partial charge < -0.3 is 5.32 Å². The van der Waals surface area contributed by atoms with Crippen molar-refractivity contribution in [3.63, 3.8) is 0 Å². The summed E-state index contributed by atoms with van der Waals surface area (Å²) >= 11 is 6.08. The molecule has 6 heteroatoms. The van der Waals surface area contributed by atoms with Gasteiger partial charge in [0, 0.05) is 12.2 Å². The van der Waals surface area contributed by atoms with E-state index in [9.17, 15) is 0 Å². The number of rotatable bonds is 5. The van der Waals surface area contributed by atoms with Gasteiger partial charge in [0.15, 0.2) is 5.65 Å². The van der Waals surface area contributed by atoms with Crippen LogP contribution in [-0.4, -0.2) is 19.7 Å². The monoisotopic (exact) mass is 315 g/mol. The van der Waals surface area contributed by atoms with E-state index in [4.69, 9.17) is 11.6 Å². The van der Waals surface area contributed by atoms with Gasteiger partial charge in [0.05, 0.1) is 11.6 Å². The van der Waals surface area contributed by atoms with E-state index in [1.165, 1.54) is 5.56 Å². The molecule has 2 aromatic heterocycles. The van der Waals surface area contributed by atoms with Crippen LogP contribution in [0.3, 0.4) is 0 Å². The number of aromatic nitrogens is 4. The minimum absolute atomic E-state index is 0.223. The summed E-state index contributed by atoms with van der Waals surface area (Å²) in [5.41, 5.74) is 2.92. The normalized spacial score (nSPS) is 11.0. The lowest BCUT2D eigenvalue weighted by Crippen LogP contribution is -2.02. The van der Waals surface area contributed by atoms with Crippen molar-refractivity contribution in [2.24, 2.45) is 0 Å². The standard InChI is InChI=1S/C16H18ClN5/c1-3-4-8-22-15-13(10-18-22)14(20-16(17)21-15)19-12-7-5-6-11(2)9-12/h5-7,9-10H,3-4,8H2,1-2H3,(H,19,20,21). The highest BCUT2D eigenvalue weighted by atomic mass is 35.5. The lowest BCUT2D eigenvalue weighted by atomic mass is 10.2. The van der Waals surface area contributed by atoms with Crippen molar-refractivity contribution in [3.05, 3.63) is 41.3 Å². The topological polar surface area (TPSA) is 55.6 Å². The minimum atomic E-state index is 0.223. The fourth-order valence-electron chi connectivity index (χ4n) is 2.36. The van der Waals surface area contributed by atoms with E-state index in [-0.39, 0.29) is 5.28 Å². The predicted octanol–water partition coefficient (Wildman–Crippen LogP) is 4.33. The second-order valence-electron chi connectivity index (χ2n) is 5.29. The van der Waals surface area contributed by atoms with Gasteiger partial charge in [0.2, 0.25) is 5.28 Å². The number of nitrogens with zero attached hydrogens (tertiary/aromatic N) is 4. The van der Waals surface area contributed by atoms with Crippen LogP contribution in [0.25, 0.3) is 11.0 Å². The van der Waals surface area contributed by atoms with Crippen molar-refractivity contribution in [2.45, 2.75) is 33.2 Å². The van der Waals surface area contributed by atoms with Crippen molar-refractivity contribution in [2.75, 3.05) is 5.32 Å². The van der Waals surface area contributed by atoms with Crippen LogP contribution in [0.1, 0.15) is 25.3 Å². The smallest absolute Gasteiger partial charge is 0.226 e. The molecule has 2 heterocycles. The third kappa shape index (κ3) is 3.04. The van der Waals surface area contributed by atoms with Crippen LogP contribution in [0, 0.1) is 6.92 Å². The maximum absolute atomic E-state index is 6.08. The third-order valence-electron chi connectivity index (χ3n) is 3.47. The quantitative estimate of drug-likeness (QED) is 0.712. The van der Waals surface area contributed by atoms with Crippen LogP contribution in [0.5, 0.6) is 0 Å². The number of hydrogen-bond donors (Lipinski definition) is 1. The zero-order chi connectivity index (χ0) is 15.5. The Labute approximate surface area is 134 Å². The number of hydrogen-bond acceptors (Lipinski definition) is 4. The van der Waals surface area contributed by atoms with Crippen LogP contribution in [-0.2, 0) is 6.54 Å². The molecule has 0 radical (unpaired) electrons. The van der Waals surface area contributed by atoms with Gasteiger partial charge in [-0.1, -0.05) is 25.5 Å². The number of halogens is 1. The first-order chi connectivity index (χ1) is 10.7. The zero-order valence-corrected chi connectivity index (χ0v) is 13.4. The summed E-state index contributed by atoms with van der Waals surface area (Å²) in [6.45, 7) is 5.03. The molecule has 0 aliphatic carbocycles. The first kappa shape index (κ1) is 14.8. The summed E-state index contributed by atoms with van der Waals surface area (Å²) in [5.74, 6) is 0.684. The zero-order valence-electron chi connectivity index (χ0n) is 12.7. The Morgan fingerprint density at radius 3 is 2.91 bits per heavy atom. The van der Waals surface area contributed by atoms with E-state index >= 15 is 0 Å². The van der Waals surface area contributed by atoms with Crippen LogP contribution >= 0.6 is 11.6 Å². The molecular formula is C16H18ClN5. The molecule has 0 unspecified atom stereocenters. The van der Waals surface area contributed by atoms with Gasteiger partial charge >= 0.3 is 0 Å². The van der Waals surface area contributed by atoms with Crippen LogP contribution in [0.4, 0.5) is 11.5 Å². The summed E-state index contributed by atoms with van der Waals surface area (Å²) in [5, 5.41) is 8.82. The van der Waals surface area contributed by atoms with Crippen molar-refractivity contribution in [1.82, 2.24) is 19.7 Å². The van der Waals surface area contributed by atoms with Crippen LogP contribution in [0.2, 0.25) is 5.28 Å². The van der Waals surface area contributed by atoms with E-state index in [1.54, 1.807) is 6.20 Å². The molecule has 1 aromatic carbocycles. The summed E-state index contributed by atoms with van der Waals surface area (Å²) in [4.78, 5) is 8.63. The van der Waals surface area contributed by atoms with E-state index < -0.39 is 0 Å². The van der Waals surface area contributed by atoms with E-state index in [0.717, 1.165) is 36.1 Å². The van der Waals surface area contributed by atoms with Crippen LogP contribution in [0.15, 0.2) is 30.5 Å². The molecule has 0 amide bonds. The van der Waals surface area contributed by atoms with Gasteiger partial charge in [-0.15, -0.1) is 0 Å². The number of aryl methyl sites for hydroxylation is 2. The van der Waals surface area contributed by atoms with Crippen molar-refractivity contribution >= 4 is 34.1 Å². The maximum Gasteiger partial charge on any atom is 0.226 e. The number of fused-ring (bicyclic) bond motifs is 1. The molecule has 0 aliphatic rings. The molecule has 0 saturated carbocycles. The molecule has 1 N–H and O–H groups in total. The Kier molecular flexibility index (Phi) is 4.24. The Balaban J connectivity index is 2.00. The summed E-state index contributed by atoms with van der Waals surface area (Å²) < 4.78 is 1.88. The lowest BCUT2D eigenvalue weighted by molar-refractivity contribution is 0.584. The fourth-order valence-corrected chi connectivity index (χ4v) is 2.52. The van der Waals surface area contributed by atoms with Crippen molar-refractivity contribution in [3.8, 4) is 0 Å². The molecule has 0 saturated heterocycles. The molecule has 0 fully saturated rings. The van der Waals surface area contributed by atoms with Crippen molar-refractivity contribution < 1.29 is 0 Å². The molecule has 0 aliphatic heterocycles. The summed E-state index contributed by atoms with van der Waals surface area (Å²) in [6, 6.07) is 8.11. The maximum atomic E-state index is 6.08. The third-order valence-corrected chi connectivity index (χ3v) is 3.64. The fraction of sp³-hybridized carbons (Fsp3) is 0.312. The molecule has 22 heavy (non-hydrogen) atoms. The SMILES string of the molecule is CCCCn1ncc2c(Nc3cccc(C)c3)nc(Cl)nc21. The highest BCUT2D eigenvalue weighted by molar-refractivity contribution is 6.28. The van der Waals surface area contributed by atoms with Gasteiger partial charge in [-0.2, -0.15) is 15.1 Å². The molecule has 5 nitrogen and oxygen atoms in total. The van der Waals surface area contributed by atoms with Crippen molar-refractivity contribution in [1.29, 1.82) is 0 Å². The molecule has 3 aromatic rings. The molecular weight excluding hydrogens is 298 g/mol. The second-order valence-corrected chi connectivity index (χ2v) is 5.63. The largest absolute Gasteiger partial charge is 0.339 e. The lowest BCUT2D eigenvalue weighted by Gasteiger charge is -2.08. The minimum Gasteiger partial charge on any atom is -0.339 e. The average Bonchev–Trinajstić information content (AvgIpc) is 2.88. The number of benzene rings is 1. The van der Waals surface area contributed by atoms with Gasteiger partial charge in [-0.05, 0) is 42.6 Å². The Morgan fingerprint density at radius 2 is 2.14 bits per heavy atom. The summed E-state index contributed by atoms with van der Waals surface area (Å²) in [7, 11) is 0. The molecule has 114 valence electrons. The number of unbranched alkanes of at least 4 members (excludes halogenated alkanes) is 1. The number of anilines is 2. The van der Waals surface area contributed by atoms with Gasteiger partial charge in [-0.25, -0.2) is 4.68 Å². The highest BCUT2D eigenvalue weighted by Gasteiger charge is 2.12. The van der Waals surface area contributed by atoms with Gasteiger partial charge in [-0.3, -0.25) is 0 Å². The van der Waals surface area contributed by atoms with Crippen LogP contribution < -0.4 is 5.32 Å². The van der Waals surface area contributed by atoms with Gasteiger partial charge in [0.25, 0.3) is 0 Å². The molecule has 0 bridgehead atoms. The van der Waals surface area contributed by atoms with Gasteiger partial charge in [0.1, 0.15) is 5.82 Å². The van der Waals surface area contributed by atoms with E-state index in [0.29, 0.717) is 5.82 Å². The van der Waals surface area contributed by atoms with E-state index in [1.807, 2.05) is 16.8 Å². The summed E-state index contributed by atoms with van der Waals surface area (Å²) in [6.07, 6.45) is 3.95. The first-order valence-electron chi connectivity index (χ1n) is 7.40. The van der Waals surface area contributed by atoms with E-state index in [2.05, 4.69) is 46.4 Å². The molecule has 0 atom stereocenters. The average molecular weight is 316 g/mol. The predicted molar refractivity (Wildman–Crippen MR) is 89.7 cm³/mol. The number of nitrogens with one attached hydrogen (secondary N) is 1. The molecule has 3 rings (SSSR count). The first-order valence-corrected chi connectivity index (χ1v) is 7.78. The highest BCUT2D eigenvalue weighted by Crippen LogP contribution is 2.25.